The molecule has 1 atom stereocenters. The quantitative estimate of drug-likeness (QED) is 0.429. The molecule has 1 unspecified atom stereocenters. The molecule has 4 rings (SSSR count). The Kier molecular flexibility index (Phi) is 5.93. The monoisotopic (exact) mass is 414 g/mol. The van der Waals surface area contributed by atoms with Crippen LogP contribution in [0, 0.1) is 18.2 Å². The van der Waals surface area contributed by atoms with Gasteiger partial charge in [-0.25, -0.2) is 19.3 Å². The Labute approximate surface area is 180 Å². The maximum absolute atomic E-state index is 13.4. The van der Waals surface area contributed by atoms with Crippen LogP contribution in [0.15, 0.2) is 67.5 Å². The van der Waals surface area contributed by atoms with E-state index in [9.17, 15) is 4.39 Å². The van der Waals surface area contributed by atoms with Crippen molar-refractivity contribution in [2.24, 2.45) is 0 Å². The van der Waals surface area contributed by atoms with Crippen molar-refractivity contribution in [1.29, 1.82) is 5.41 Å². The first kappa shape index (κ1) is 20.5. The van der Waals surface area contributed by atoms with Crippen molar-refractivity contribution >= 4 is 5.71 Å². The minimum Gasteiger partial charge on any atom is -0.326 e. The summed E-state index contributed by atoms with van der Waals surface area (Å²) in [5, 5.41) is 8.52. The molecule has 6 nitrogen and oxygen atoms in total. The van der Waals surface area contributed by atoms with E-state index in [2.05, 4.69) is 26.9 Å². The van der Waals surface area contributed by atoms with E-state index in [-0.39, 0.29) is 11.9 Å². The molecule has 156 valence electrons. The lowest BCUT2D eigenvalue weighted by molar-refractivity contribution is 0.568. The van der Waals surface area contributed by atoms with Crippen LogP contribution < -0.4 is 0 Å². The van der Waals surface area contributed by atoms with Crippen LogP contribution in [-0.2, 0) is 6.42 Å². The fourth-order valence-electron chi connectivity index (χ4n) is 3.69. The highest BCUT2D eigenvalue weighted by molar-refractivity contribution is 5.84. The summed E-state index contributed by atoms with van der Waals surface area (Å²) in [6.07, 6.45) is 7.88. The van der Waals surface area contributed by atoms with Gasteiger partial charge in [0.05, 0.1) is 23.4 Å². The molecule has 7 heteroatoms. The predicted octanol–water partition coefficient (Wildman–Crippen LogP) is 5.06. The number of pyridine rings is 1. The second kappa shape index (κ2) is 8.95. The molecular weight excluding hydrogens is 391 g/mol. The van der Waals surface area contributed by atoms with E-state index >= 15 is 0 Å². The van der Waals surface area contributed by atoms with E-state index in [0.29, 0.717) is 18.6 Å². The van der Waals surface area contributed by atoms with Crippen LogP contribution >= 0.6 is 0 Å². The van der Waals surface area contributed by atoms with E-state index in [0.717, 1.165) is 33.9 Å². The number of rotatable bonds is 7. The van der Waals surface area contributed by atoms with Gasteiger partial charge in [0.2, 0.25) is 0 Å². The van der Waals surface area contributed by atoms with E-state index < -0.39 is 0 Å². The second-order valence-electron chi connectivity index (χ2n) is 7.59. The molecule has 0 amide bonds. The Morgan fingerprint density at radius 1 is 1.06 bits per heavy atom. The lowest BCUT2D eigenvalue weighted by Crippen LogP contribution is -2.13. The van der Waals surface area contributed by atoms with Gasteiger partial charge in [-0.15, -0.1) is 0 Å². The number of halogens is 1. The van der Waals surface area contributed by atoms with Gasteiger partial charge in [0, 0.05) is 48.2 Å². The molecule has 0 aliphatic heterocycles. The standard InChI is InChI=1S/C24H23FN6/c1-16-11-18(7-10-28-16)13-21(26)12-17(2)31-15-30-23(19-3-5-20(25)6-4-19)24(31)22-8-9-27-14-29-22/h3-11,14-15,17,26H,12-13H2,1-2H3. The number of nitrogens with zero attached hydrogens (tertiary/aromatic N) is 5. The molecule has 0 aliphatic rings. The average Bonchev–Trinajstić information content (AvgIpc) is 3.20. The Morgan fingerprint density at radius 3 is 2.58 bits per heavy atom. The summed E-state index contributed by atoms with van der Waals surface area (Å²) in [6.45, 7) is 4.01. The zero-order valence-corrected chi connectivity index (χ0v) is 17.5. The fourth-order valence-corrected chi connectivity index (χ4v) is 3.69. The average molecular weight is 414 g/mol. The summed E-state index contributed by atoms with van der Waals surface area (Å²) >= 11 is 0. The molecule has 0 fully saturated rings. The van der Waals surface area contributed by atoms with Crippen molar-refractivity contribution in [1.82, 2.24) is 24.5 Å². The first-order valence-corrected chi connectivity index (χ1v) is 10.1. The van der Waals surface area contributed by atoms with Gasteiger partial charge < -0.3 is 9.98 Å². The Morgan fingerprint density at radius 2 is 1.87 bits per heavy atom. The number of imidazole rings is 1. The Balaban J connectivity index is 1.64. The summed E-state index contributed by atoms with van der Waals surface area (Å²) in [7, 11) is 0. The number of hydrogen-bond acceptors (Lipinski definition) is 5. The van der Waals surface area contributed by atoms with Crippen LogP contribution in [0.3, 0.4) is 0 Å². The SMILES string of the molecule is Cc1cc(CC(=N)CC(C)n2cnc(-c3ccc(F)cc3)c2-c2ccncn2)ccn1. The highest BCUT2D eigenvalue weighted by Gasteiger charge is 2.20. The van der Waals surface area contributed by atoms with Crippen molar-refractivity contribution < 1.29 is 4.39 Å². The van der Waals surface area contributed by atoms with Gasteiger partial charge in [0.25, 0.3) is 0 Å². The van der Waals surface area contributed by atoms with E-state index in [1.54, 1.807) is 30.9 Å². The van der Waals surface area contributed by atoms with Crippen molar-refractivity contribution in [3.63, 3.8) is 0 Å². The number of benzene rings is 1. The molecule has 0 spiro atoms. The number of nitrogens with one attached hydrogen (secondary N) is 1. The van der Waals surface area contributed by atoms with Gasteiger partial charge in [-0.3, -0.25) is 4.98 Å². The molecule has 1 aromatic carbocycles. The summed E-state index contributed by atoms with van der Waals surface area (Å²) in [5.74, 6) is -0.292. The number of hydrogen-bond donors (Lipinski definition) is 1. The summed E-state index contributed by atoms with van der Waals surface area (Å²) in [4.78, 5) is 17.3. The number of aryl methyl sites for hydroxylation is 1. The summed E-state index contributed by atoms with van der Waals surface area (Å²) in [6, 6.07) is 12.1. The van der Waals surface area contributed by atoms with Crippen LogP contribution in [0.4, 0.5) is 4.39 Å². The maximum Gasteiger partial charge on any atom is 0.123 e. The molecule has 0 saturated carbocycles. The molecule has 31 heavy (non-hydrogen) atoms. The van der Waals surface area contributed by atoms with Crippen LogP contribution in [-0.4, -0.2) is 30.2 Å². The molecule has 3 aromatic heterocycles. The zero-order chi connectivity index (χ0) is 21.8. The van der Waals surface area contributed by atoms with Gasteiger partial charge >= 0.3 is 0 Å². The van der Waals surface area contributed by atoms with Gasteiger partial charge in [-0.05, 0) is 61.9 Å². The first-order chi connectivity index (χ1) is 15.0. The van der Waals surface area contributed by atoms with Crippen LogP contribution in [0.2, 0.25) is 0 Å². The second-order valence-corrected chi connectivity index (χ2v) is 7.59. The highest BCUT2D eigenvalue weighted by Crippen LogP contribution is 2.33. The third kappa shape index (κ3) is 4.71. The molecule has 1 N–H and O–H groups in total. The van der Waals surface area contributed by atoms with Crippen molar-refractivity contribution in [2.45, 2.75) is 32.7 Å². The summed E-state index contributed by atoms with van der Waals surface area (Å²) in [5.41, 5.74) is 5.75. The lowest BCUT2D eigenvalue weighted by atomic mass is 10.0. The van der Waals surface area contributed by atoms with Crippen molar-refractivity contribution in [2.75, 3.05) is 0 Å². The van der Waals surface area contributed by atoms with E-state index in [4.69, 9.17) is 5.41 Å². The molecule has 0 aliphatic carbocycles. The van der Waals surface area contributed by atoms with Gasteiger partial charge in [0.15, 0.2) is 0 Å². The zero-order valence-electron chi connectivity index (χ0n) is 17.5. The predicted molar refractivity (Wildman–Crippen MR) is 118 cm³/mol. The van der Waals surface area contributed by atoms with E-state index in [1.165, 1.54) is 18.5 Å². The molecule has 3 heterocycles. The van der Waals surface area contributed by atoms with Gasteiger partial charge in [0.1, 0.15) is 12.1 Å². The lowest BCUT2D eigenvalue weighted by Gasteiger charge is -2.18. The van der Waals surface area contributed by atoms with Crippen molar-refractivity contribution in [3.05, 3.63) is 84.6 Å². The molecule has 0 saturated heterocycles. The largest absolute Gasteiger partial charge is 0.326 e. The highest BCUT2D eigenvalue weighted by atomic mass is 19.1. The van der Waals surface area contributed by atoms with Crippen molar-refractivity contribution in [3.8, 4) is 22.6 Å². The molecule has 4 aromatic rings. The fraction of sp³-hybridized carbons (Fsp3) is 0.208. The third-order valence-electron chi connectivity index (χ3n) is 5.13. The Hall–Kier alpha value is -3.74. The van der Waals surface area contributed by atoms with Crippen LogP contribution in [0.5, 0.6) is 0 Å². The molecule has 0 bridgehead atoms. The van der Waals surface area contributed by atoms with Crippen LogP contribution in [0.1, 0.15) is 30.6 Å². The minimum atomic E-state index is -0.292. The third-order valence-corrected chi connectivity index (χ3v) is 5.13. The van der Waals surface area contributed by atoms with Crippen LogP contribution in [0.25, 0.3) is 22.6 Å². The molecule has 0 radical (unpaired) electrons. The van der Waals surface area contributed by atoms with Gasteiger partial charge in [-0.1, -0.05) is 0 Å². The van der Waals surface area contributed by atoms with Gasteiger partial charge in [-0.2, -0.15) is 0 Å². The Bertz CT molecular complexity index is 1180. The smallest absolute Gasteiger partial charge is 0.123 e. The molecular formula is C24H23FN6. The maximum atomic E-state index is 13.4. The summed E-state index contributed by atoms with van der Waals surface area (Å²) < 4.78 is 15.5. The van der Waals surface area contributed by atoms with E-state index in [1.807, 2.05) is 29.7 Å². The minimum absolute atomic E-state index is 0.0119. The first-order valence-electron chi connectivity index (χ1n) is 10.1. The number of aromatic nitrogens is 5. The topological polar surface area (TPSA) is 80.3 Å². The normalized spacial score (nSPS) is 12.0.